The van der Waals surface area contributed by atoms with Crippen LogP contribution >= 0.6 is 0 Å². The van der Waals surface area contributed by atoms with Crippen molar-refractivity contribution in [1.82, 2.24) is 4.72 Å². The molecule has 1 unspecified atom stereocenters. The zero-order valence-corrected chi connectivity index (χ0v) is 9.70. The van der Waals surface area contributed by atoms with E-state index in [1.54, 1.807) is 0 Å². The van der Waals surface area contributed by atoms with Crippen molar-refractivity contribution in [2.24, 2.45) is 0 Å². The monoisotopic (exact) mass is 241 g/mol. The van der Waals surface area contributed by atoms with Gasteiger partial charge in [-0.05, 0) is 26.3 Å². The molecule has 0 aliphatic carbocycles. The van der Waals surface area contributed by atoms with Crippen LogP contribution in [-0.4, -0.2) is 40.6 Å². The Morgan fingerprint density at radius 3 is 2.43 bits per heavy atom. The van der Waals surface area contributed by atoms with E-state index in [0.29, 0.717) is 12.8 Å². The summed E-state index contributed by atoms with van der Waals surface area (Å²) in [5.41, 5.74) is 0. The SMILES string of the molecule is CNS(=O)(=O)C1CCCS(=O)(=O)CC1. The van der Waals surface area contributed by atoms with Gasteiger partial charge in [-0.1, -0.05) is 0 Å². The number of hydrogen-bond acceptors (Lipinski definition) is 4. The highest BCUT2D eigenvalue weighted by Crippen LogP contribution is 2.18. The van der Waals surface area contributed by atoms with Crippen LogP contribution in [0.25, 0.3) is 0 Å². The summed E-state index contributed by atoms with van der Waals surface area (Å²) in [7, 11) is -4.97. The van der Waals surface area contributed by atoms with E-state index >= 15 is 0 Å². The highest BCUT2D eigenvalue weighted by atomic mass is 32.2. The normalized spacial score (nSPS) is 28.2. The average molecular weight is 241 g/mol. The van der Waals surface area contributed by atoms with Crippen LogP contribution in [0.2, 0.25) is 0 Å². The second kappa shape index (κ2) is 4.16. The fourth-order valence-corrected chi connectivity index (χ4v) is 4.41. The predicted molar refractivity (Wildman–Crippen MR) is 54.3 cm³/mol. The Balaban J connectivity index is 2.78. The fraction of sp³-hybridized carbons (Fsp3) is 1.00. The number of nitrogens with one attached hydrogen (secondary N) is 1. The maximum absolute atomic E-state index is 11.4. The average Bonchev–Trinajstić information content (AvgIpc) is 2.26. The third kappa shape index (κ3) is 2.93. The van der Waals surface area contributed by atoms with Gasteiger partial charge in [-0.25, -0.2) is 21.6 Å². The van der Waals surface area contributed by atoms with Gasteiger partial charge in [0, 0.05) is 0 Å². The molecule has 7 heteroatoms. The van der Waals surface area contributed by atoms with E-state index in [1.807, 2.05) is 0 Å². The molecule has 1 atom stereocenters. The van der Waals surface area contributed by atoms with Gasteiger partial charge < -0.3 is 0 Å². The lowest BCUT2D eigenvalue weighted by atomic mass is 10.2. The van der Waals surface area contributed by atoms with Crippen LogP contribution < -0.4 is 4.72 Å². The van der Waals surface area contributed by atoms with Gasteiger partial charge in [-0.15, -0.1) is 0 Å². The molecule has 1 aliphatic rings. The van der Waals surface area contributed by atoms with E-state index in [-0.39, 0.29) is 17.9 Å². The molecule has 0 amide bonds. The van der Waals surface area contributed by atoms with Crippen molar-refractivity contribution in [3.63, 3.8) is 0 Å². The van der Waals surface area contributed by atoms with Crippen LogP contribution in [0, 0.1) is 0 Å². The molecule has 0 aromatic heterocycles. The summed E-state index contributed by atoms with van der Waals surface area (Å²) in [6, 6.07) is 0. The molecule has 1 N–H and O–H groups in total. The summed E-state index contributed by atoms with van der Waals surface area (Å²) >= 11 is 0. The van der Waals surface area contributed by atoms with E-state index < -0.39 is 25.1 Å². The van der Waals surface area contributed by atoms with Gasteiger partial charge in [0.2, 0.25) is 10.0 Å². The minimum Gasteiger partial charge on any atom is -0.229 e. The second-order valence-electron chi connectivity index (χ2n) is 3.45. The minimum atomic E-state index is -3.31. The molecule has 1 heterocycles. The van der Waals surface area contributed by atoms with Crippen molar-refractivity contribution >= 4 is 19.9 Å². The Morgan fingerprint density at radius 1 is 1.21 bits per heavy atom. The van der Waals surface area contributed by atoms with Gasteiger partial charge in [-0.2, -0.15) is 0 Å². The standard InChI is InChI=1S/C7H15NO4S2/c1-8-14(11,12)7-3-2-5-13(9,10)6-4-7/h7-8H,2-6H2,1H3. The molecule has 84 valence electrons. The summed E-state index contributed by atoms with van der Waals surface area (Å²) in [6.07, 6.45) is 1.09. The smallest absolute Gasteiger partial charge is 0.214 e. The van der Waals surface area contributed by atoms with Gasteiger partial charge in [0.1, 0.15) is 9.84 Å². The van der Waals surface area contributed by atoms with Gasteiger partial charge >= 0.3 is 0 Å². The third-order valence-corrected chi connectivity index (χ3v) is 6.14. The second-order valence-corrected chi connectivity index (χ2v) is 7.92. The molecule has 0 aromatic rings. The quantitative estimate of drug-likeness (QED) is 0.707. The summed E-state index contributed by atoms with van der Waals surface area (Å²) < 4.78 is 47.5. The third-order valence-electron chi connectivity index (χ3n) is 2.46. The molecule has 1 rings (SSSR count). The number of hydrogen-bond donors (Lipinski definition) is 1. The first-order chi connectivity index (χ1) is 6.37. The van der Waals surface area contributed by atoms with Crippen LogP contribution in [-0.2, 0) is 19.9 Å². The summed E-state index contributed by atoms with van der Waals surface area (Å²) in [5, 5.41) is -0.551. The first-order valence-electron chi connectivity index (χ1n) is 4.50. The number of sulfonamides is 1. The minimum absolute atomic E-state index is 0.0153. The Kier molecular flexibility index (Phi) is 3.54. The number of sulfone groups is 1. The van der Waals surface area contributed by atoms with E-state index in [0.717, 1.165) is 0 Å². The maximum Gasteiger partial charge on any atom is 0.214 e. The van der Waals surface area contributed by atoms with E-state index in [9.17, 15) is 16.8 Å². The molecular weight excluding hydrogens is 226 g/mol. The van der Waals surface area contributed by atoms with Crippen LogP contribution in [0.3, 0.4) is 0 Å². The van der Waals surface area contributed by atoms with Crippen molar-refractivity contribution in [1.29, 1.82) is 0 Å². The lowest BCUT2D eigenvalue weighted by Gasteiger charge is -2.12. The van der Waals surface area contributed by atoms with Crippen LogP contribution in [0.4, 0.5) is 0 Å². The Bertz CT molecular complexity index is 384. The Labute approximate surface area is 84.9 Å². The number of rotatable bonds is 2. The van der Waals surface area contributed by atoms with Crippen molar-refractivity contribution < 1.29 is 16.8 Å². The Hall–Kier alpha value is -0.140. The summed E-state index contributed by atoms with van der Waals surface area (Å²) in [6.45, 7) is 0. The maximum atomic E-state index is 11.4. The molecular formula is C7H15NO4S2. The zero-order valence-electron chi connectivity index (χ0n) is 8.06. The lowest BCUT2D eigenvalue weighted by Crippen LogP contribution is -2.32. The van der Waals surface area contributed by atoms with Crippen molar-refractivity contribution in [2.45, 2.75) is 24.5 Å². The lowest BCUT2D eigenvalue weighted by molar-refractivity contribution is 0.559. The highest BCUT2D eigenvalue weighted by Gasteiger charge is 2.29. The molecule has 0 saturated carbocycles. The van der Waals surface area contributed by atoms with E-state index in [1.165, 1.54) is 7.05 Å². The van der Waals surface area contributed by atoms with Crippen molar-refractivity contribution in [3.8, 4) is 0 Å². The fourth-order valence-electron chi connectivity index (χ4n) is 1.57. The molecule has 1 fully saturated rings. The molecule has 14 heavy (non-hydrogen) atoms. The predicted octanol–water partition coefficient (Wildman–Crippen LogP) is -0.497. The summed E-state index contributed by atoms with van der Waals surface area (Å²) in [4.78, 5) is 0. The first-order valence-corrected chi connectivity index (χ1v) is 7.87. The largest absolute Gasteiger partial charge is 0.229 e. The van der Waals surface area contributed by atoms with Crippen molar-refractivity contribution in [3.05, 3.63) is 0 Å². The zero-order chi connectivity index (χ0) is 10.8. The van der Waals surface area contributed by atoms with Gasteiger partial charge in [-0.3, -0.25) is 0 Å². The van der Waals surface area contributed by atoms with Crippen LogP contribution in [0.1, 0.15) is 19.3 Å². The van der Waals surface area contributed by atoms with E-state index in [4.69, 9.17) is 0 Å². The van der Waals surface area contributed by atoms with Crippen molar-refractivity contribution in [2.75, 3.05) is 18.6 Å². The van der Waals surface area contributed by atoms with Gasteiger partial charge in [0.25, 0.3) is 0 Å². The molecule has 5 nitrogen and oxygen atoms in total. The molecule has 0 radical (unpaired) electrons. The first kappa shape index (κ1) is 11.9. The van der Waals surface area contributed by atoms with Crippen LogP contribution in [0.5, 0.6) is 0 Å². The van der Waals surface area contributed by atoms with Gasteiger partial charge in [0.05, 0.1) is 16.8 Å². The molecule has 0 bridgehead atoms. The topological polar surface area (TPSA) is 80.3 Å². The molecule has 0 aromatic carbocycles. The van der Waals surface area contributed by atoms with E-state index in [2.05, 4.69) is 4.72 Å². The Morgan fingerprint density at radius 2 is 1.86 bits per heavy atom. The summed E-state index contributed by atoms with van der Waals surface area (Å²) in [5.74, 6) is 0.0985. The molecule has 0 spiro atoms. The molecule has 1 saturated heterocycles. The highest BCUT2D eigenvalue weighted by molar-refractivity contribution is 7.92. The molecule has 1 aliphatic heterocycles. The van der Waals surface area contributed by atoms with Gasteiger partial charge in [0.15, 0.2) is 0 Å². The van der Waals surface area contributed by atoms with Crippen LogP contribution in [0.15, 0.2) is 0 Å².